The number of halogens is 1. The highest BCUT2D eigenvalue weighted by atomic mass is 35.5. The van der Waals surface area contributed by atoms with Crippen molar-refractivity contribution in [3.05, 3.63) is 58.6 Å². The van der Waals surface area contributed by atoms with Crippen LogP contribution in [0.2, 0.25) is 5.02 Å². The highest BCUT2D eigenvalue weighted by Gasteiger charge is 2.14. The summed E-state index contributed by atoms with van der Waals surface area (Å²) in [6.07, 6.45) is 0. The van der Waals surface area contributed by atoms with E-state index in [0.29, 0.717) is 0 Å². The molecule has 0 radical (unpaired) electrons. The normalized spacial score (nSPS) is 10.2. The van der Waals surface area contributed by atoms with Gasteiger partial charge in [-0.1, -0.05) is 29.8 Å². The molecule has 0 saturated heterocycles. The van der Waals surface area contributed by atoms with Crippen molar-refractivity contribution >= 4 is 23.3 Å². The molecule has 0 aromatic heterocycles. The predicted molar refractivity (Wildman–Crippen MR) is 83.0 cm³/mol. The summed E-state index contributed by atoms with van der Waals surface area (Å²) in [5.41, 5.74) is 1.96. The van der Waals surface area contributed by atoms with Crippen molar-refractivity contribution in [2.75, 3.05) is 19.0 Å². The molecule has 0 aliphatic carbocycles. The smallest absolute Gasteiger partial charge is 0.342 e. The Bertz CT molecular complexity index is 656. The van der Waals surface area contributed by atoms with Crippen LogP contribution in [0.1, 0.15) is 15.9 Å². The number of hydrogen-bond donors (Lipinski definition) is 1. The average molecular weight is 306 g/mol. The Labute approximate surface area is 128 Å². The second-order valence-corrected chi connectivity index (χ2v) is 5.18. The zero-order valence-electron chi connectivity index (χ0n) is 11.8. The van der Waals surface area contributed by atoms with Gasteiger partial charge in [-0.25, -0.2) is 4.79 Å². The number of anilines is 1. The molecule has 110 valence electrons. The topological polar surface area (TPSA) is 49.8 Å². The maximum atomic E-state index is 12.0. The molecule has 0 aliphatic rings. The molecule has 2 rings (SSSR count). The standard InChI is InChI=1S/C16H16ClNO3/c1-18(2)12-6-3-5-11(9-12)10-21-16(20)13-7-4-8-14(17)15(13)19/h3-9,19H,10H2,1-2H3. The Morgan fingerprint density at radius 1 is 1.24 bits per heavy atom. The van der Waals surface area contributed by atoms with E-state index in [1.54, 1.807) is 6.07 Å². The van der Waals surface area contributed by atoms with Crippen LogP contribution in [0, 0.1) is 0 Å². The first-order chi connectivity index (χ1) is 9.99. The van der Waals surface area contributed by atoms with Gasteiger partial charge in [0.25, 0.3) is 0 Å². The van der Waals surface area contributed by atoms with Crippen LogP contribution in [-0.4, -0.2) is 25.2 Å². The van der Waals surface area contributed by atoms with Crippen LogP contribution in [0.15, 0.2) is 42.5 Å². The van der Waals surface area contributed by atoms with E-state index in [1.807, 2.05) is 43.3 Å². The van der Waals surface area contributed by atoms with Crippen molar-refractivity contribution < 1.29 is 14.6 Å². The van der Waals surface area contributed by atoms with Crippen LogP contribution in [0.3, 0.4) is 0 Å². The molecule has 0 aliphatic heterocycles. The minimum atomic E-state index is -0.606. The quantitative estimate of drug-likeness (QED) is 0.879. The van der Waals surface area contributed by atoms with E-state index >= 15 is 0 Å². The van der Waals surface area contributed by atoms with Gasteiger partial charge in [0.1, 0.15) is 17.9 Å². The molecule has 0 unspecified atom stereocenters. The molecule has 21 heavy (non-hydrogen) atoms. The van der Waals surface area contributed by atoms with Gasteiger partial charge < -0.3 is 14.7 Å². The van der Waals surface area contributed by atoms with Crippen molar-refractivity contribution in [1.29, 1.82) is 0 Å². The molecule has 0 spiro atoms. The maximum absolute atomic E-state index is 12.0. The van der Waals surface area contributed by atoms with Gasteiger partial charge in [-0.2, -0.15) is 0 Å². The first kappa shape index (κ1) is 15.2. The molecule has 2 aromatic carbocycles. The summed E-state index contributed by atoms with van der Waals surface area (Å²) in [6.45, 7) is 0.131. The number of carbonyl (C=O) groups is 1. The fourth-order valence-corrected chi connectivity index (χ4v) is 2.01. The second kappa shape index (κ2) is 6.50. The first-order valence-corrected chi connectivity index (χ1v) is 6.77. The summed E-state index contributed by atoms with van der Waals surface area (Å²) < 4.78 is 5.21. The average Bonchev–Trinajstić information content (AvgIpc) is 2.48. The number of benzene rings is 2. The summed E-state index contributed by atoms with van der Waals surface area (Å²) in [6, 6.07) is 12.2. The number of nitrogens with zero attached hydrogens (tertiary/aromatic N) is 1. The van der Waals surface area contributed by atoms with Crippen LogP contribution in [0.25, 0.3) is 0 Å². The third kappa shape index (κ3) is 3.67. The fourth-order valence-electron chi connectivity index (χ4n) is 1.83. The number of carbonyl (C=O) groups excluding carboxylic acids is 1. The molecular weight excluding hydrogens is 290 g/mol. The molecule has 0 atom stereocenters. The lowest BCUT2D eigenvalue weighted by Crippen LogP contribution is -2.09. The molecule has 0 bridgehead atoms. The molecule has 0 saturated carbocycles. The number of para-hydroxylation sites is 1. The van der Waals surface area contributed by atoms with Gasteiger partial charge in [0.2, 0.25) is 0 Å². The molecule has 0 amide bonds. The van der Waals surface area contributed by atoms with Crippen molar-refractivity contribution in [2.45, 2.75) is 6.61 Å². The summed E-state index contributed by atoms with van der Waals surface area (Å²) in [7, 11) is 3.88. The number of aromatic hydroxyl groups is 1. The summed E-state index contributed by atoms with van der Waals surface area (Å²) in [4.78, 5) is 13.9. The van der Waals surface area contributed by atoms with E-state index in [-0.39, 0.29) is 22.9 Å². The molecule has 0 heterocycles. The molecule has 1 N–H and O–H groups in total. The first-order valence-electron chi connectivity index (χ1n) is 6.40. The van der Waals surface area contributed by atoms with Crippen molar-refractivity contribution in [3.63, 3.8) is 0 Å². The van der Waals surface area contributed by atoms with Crippen molar-refractivity contribution in [3.8, 4) is 5.75 Å². The SMILES string of the molecule is CN(C)c1cccc(COC(=O)c2cccc(Cl)c2O)c1. The summed E-state index contributed by atoms with van der Waals surface area (Å²) in [5, 5.41) is 9.87. The number of phenols is 1. The largest absolute Gasteiger partial charge is 0.505 e. The van der Waals surface area contributed by atoms with Crippen LogP contribution in [0.4, 0.5) is 5.69 Å². The Hall–Kier alpha value is -2.20. The number of esters is 1. The Morgan fingerprint density at radius 3 is 2.67 bits per heavy atom. The summed E-state index contributed by atoms with van der Waals surface area (Å²) in [5.74, 6) is -0.864. The molecule has 2 aromatic rings. The van der Waals surface area contributed by atoms with E-state index < -0.39 is 5.97 Å². The fraction of sp³-hybridized carbons (Fsp3) is 0.188. The third-order valence-electron chi connectivity index (χ3n) is 3.00. The number of hydrogen-bond acceptors (Lipinski definition) is 4. The second-order valence-electron chi connectivity index (χ2n) is 4.78. The monoisotopic (exact) mass is 305 g/mol. The van der Waals surface area contributed by atoms with Crippen molar-refractivity contribution in [2.24, 2.45) is 0 Å². The Morgan fingerprint density at radius 2 is 1.95 bits per heavy atom. The third-order valence-corrected chi connectivity index (χ3v) is 3.31. The van der Waals surface area contributed by atoms with E-state index in [1.165, 1.54) is 12.1 Å². The highest BCUT2D eigenvalue weighted by molar-refractivity contribution is 6.32. The van der Waals surface area contributed by atoms with Gasteiger partial charge >= 0.3 is 5.97 Å². The van der Waals surface area contributed by atoms with Gasteiger partial charge in [-0.15, -0.1) is 0 Å². The number of rotatable bonds is 4. The predicted octanol–water partition coefficient (Wildman–Crippen LogP) is 3.47. The Kier molecular flexibility index (Phi) is 4.70. The number of ether oxygens (including phenoxy) is 1. The van der Waals surface area contributed by atoms with Gasteiger partial charge in [-0.3, -0.25) is 0 Å². The molecule has 4 nitrogen and oxygen atoms in total. The lowest BCUT2D eigenvalue weighted by Gasteiger charge is -2.13. The Balaban J connectivity index is 2.07. The van der Waals surface area contributed by atoms with E-state index in [4.69, 9.17) is 16.3 Å². The van der Waals surface area contributed by atoms with Crippen LogP contribution in [-0.2, 0) is 11.3 Å². The lowest BCUT2D eigenvalue weighted by molar-refractivity contribution is 0.0469. The van der Waals surface area contributed by atoms with Gasteiger partial charge in [-0.05, 0) is 29.8 Å². The van der Waals surface area contributed by atoms with Gasteiger partial charge in [0, 0.05) is 19.8 Å². The van der Waals surface area contributed by atoms with Crippen LogP contribution < -0.4 is 4.90 Å². The van der Waals surface area contributed by atoms with Gasteiger partial charge in [0.15, 0.2) is 0 Å². The van der Waals surface area contributed by atoms with E-state index in [2.05, 4.69) is 0 Å². The van der Waals surface area contributed by atoms with Crippen LogP contribution >= 0.6 is 11.6 Å². The lowest BCUT2D eigenvalue weighted by atomic mass is 10.2. The minimum absolute atomic E-state index is 0.0614. The zero-order chi connectivity index (χ0) is 15.4. The van der Waals surface area contributed by atoms with Crippen LogP contribution in [0.5, 0.6) is 5.75 Å². The maximum Gasteiger partial charge on any atom is 0.342 e. The highest BCUT2D eigenvalue weighted by Crippen LogP contribution is 2.27. The molecule has 5 heteroatoms. The van der Waals surface area contributed by atoms with Crippen molar-refractivity contribution in [1.82, 2.24) is 0 Å². The van der Waals surface area contributed by atoms with Gasteiger partial charge in [0.05, 0.1) is 5.02 Å². The minimum Gasteiger partial charge on any atom is -0.505 e. The zero-order valence-corrected chi connectivity index (χ0v) is 12.6. The number of phenolic OH excluding ortho intramolecular Hbond substituents is 1. The molecule has 0 fully saturated rings. The summed E-state index contributed by atoms with van der Waals surface area (Å²) >= 11 is 5.77. The molecular formula is C16H16ClNO3. The van der Waals surface area contributed by atoms with E-state index in [0.717, 1.165) is 11.3 Å². The van der Waals surface area contributed by atoms with E-state index in [9.17, 15) is 9.90 Å².